The summed E-state index contributed by atoms with van der Waals surface area (Å²) in [6.07, 6.45) is 0. The van der Waals surface area contributed by atoms with E-state index in [9.17, 15) is 8.42 Å². The predicted molar refractivity (Wildman–Crippen MR) is 83.8 cm³/mol. The molecule has 2 aromatic rings. The lowest BCUT2D eigenvalue weighted by Gasteiger charge is -2.22. The third kappa shape index (κ3) is 4.48. The number of benzene rings is 1. The first-order valence-corrected chi connectivity index (χ1v) is 8.73. The summed E-state index contributed by atoms with van der Waals surface area (Å²) in [7, 11) is -1.98. The molecule has 8 heteroatoms. The summed E-state index contributed by atoms with van der Waals surface area (Å²) in [5.74, 6) is -0.117. The lowest BCUT2D eigenvalue weighted by Crippen LogP contribution is -2.35. The van der Waals surface area contributed by atoms with Crippen LogP contribution in [-0.2, 0) is 14.8 Å². The SMILES string of the molecule is COC(C)(C)CS(=O)(=O)Nc1ccc(-c2csnn2)cc1. The van der Waals surface area contributed by atoms with Crippen molar-refractivity contribution < 1.29 is 13.2 Å². The molecule has 21 heavy (non-hydrogen) atoms. The summed E-state index contributed by atoms with van der Waals surface area (Å²) in [5, 5.41) is 5.80. The Balaban J connectivity index is 2.10. The van der Waals surface area contributed by atoms with Crippen LogP contribution < -0.4 is 4.72 Å². The molecule has 0 aliphatic carbocycles. The smallest absolute Gasteiger partial charge is 0.235 e. The second-order valence-corrected chi connectivity index (χ2v) is 7.52. The summed E-state index contributed by atoms with van der Waals surface area (Å²) in [6.45, 7) is 3.45. The van der Waals surface area contributed by atoms with E-state index < -0.39 is 15.6 Å². The van der Waals surface area contributed by atoms with Crippen molar-refractivity contribution >= 4 is 27.2 Å². The molecule has 1 aromatic heterocycles. The van der Waals surface area contributed by atoms with E-state index in [-0.39, 0.29) is 5.75 Å². The molecule has 0 unspecified atom stereocenters. The van der Waals surface area contributed by atoms with Gasteiger partial charge in [0.1, 0.15) is 5.69 Å². The molecule has 0 saturated heterocycles. The van der Waals surface area contributed by atoms with Crippen molar-refractivity contribution in [1.29, 1.82) is 0 Å². The van der Waals surface area contributed by atoms with Gasteiger partial charge in [0.05, 0.1) is 11.4 Å². The van der Waals surface area contributed by atoms with Crippen LogP contribution in [0.15, 0.2) is 29.6 Å². The molecule has 0 fully saturated rings. The quantitative estimate of drug-likeness (QED) is 0.881. The minimum atomic E-state index is -3.47. The number of aromatic nitrogens is 2. The average molecular weight is 327 g/mol. The first-order chi connectivity index (χ1) is 9.81. The van der Waals surface area contributed by atoms with Crippen LogP contribution in [0.4, 0.5) is 5.69 Å². The summed E-state index contributed by atoms with van der Waals surface area (Å²) in [4.78, 5) is 0. The zero-order valence-corrected chi connectivity index (χ0v) is 13.7. The molecule has 6 nitrogen and oxygen atoms in total. The highest BCUT2D eigenvalue weighted by molar-refractivity contribution is 7.92. The molecule has 0 aliphatic heterocycles. The maximum Gasteiger partial charge on any atom is 0.235 e. The first kappa shape index (κ1) is 15.9. The van der Waals surface area contributed by atoms with Crippen LogP contribution in [0.25, 0.3) is 11.3 Å². The fourth-order valence-electron chi connectivity index (χ4n) is 1.73. The zero-order valence-electron chi connectivity index (χ0n) is 12.0. The van der Waals surface area contributed by atoms with Gasteiger partial charge in [-0.15, -0.1) is 5.10 Å². The van der Waals surface area contributed by atoms with Crippen LogP contribution >= 0.6 is 11.5 Å². The van der Waals surface area contributed by atoms with Crippen molar-refractivity contribution in [2.75, 3.05) is 17.6 Å². The van der Waals surface area contributed by atoms with Crippen LogP contribution in [0.1, 0.15) is 13.8 Å². The van der Waals surface area contributed by atoms with Gasteiger partial charge in [0.25, 0.3) is 0 Å². The molecule has 0 aliphatic rings. The number of ether oxygens (including phenoxy) is 1. The molecular formula is C13H17N3O3S2. The second-order valence-electron chi connectivity index (χ2n) is 5.19. The van der Waals surface area contributed by atoms with Gasteiger partial charge in [-0.05, 0) is 37.5 Å². The number of nitrogens with one attached hydrogen (secondary N) is 1. The molecule has 0 bridgehead atoms. The summed E-state index contributed by atoms with van der Waals surface area (Å²) in [5.41, 5.74) is 1.44. The molecule has 0 amide bonds. The first-order valence-electron chi connectivity index (χ1n) is 6.24. The molecule has 1 aromatic carbocycles. The van der Waals surface area contributed by atoms with E-state index >= 15 is 0 Å². The molecule has 0 spiro atoms. The highest BCUT2D eigenvalue weighted by Gasteiger charge is 2.25. The largest absolute Gasteiger partial charge is 0.378 e. The Hall–Kier alpha value is -1.51. The van der Waals surface area contributed by atoms with Gasteiger partial charge in [-0.3, -0.25) is 4.72 Å². The number of methoxy groups -OCH3 is 1. The fourth-order valence-corrected chi connectivity index (χ4v) is 3.80. The predicted octanol–water partition coefficient (Wildman–Crippen LogP) is 2.37. The minimum absolute atomic E-state index is 0.117. The maximum absolute atomic E-state index is 12.1. The van der Waals surface area contributed by atoms with Crippen molar-refractivity contribution in [2.24, 2.45) is 0 Å². The van der Waals surface area contributed by atoms with E-state index in [0.717, 1.165) is 11.3 Å². The van der Waals surface area contributed by atoms with E-state index in [1.165, 1.54) is 18.6 Å². The van der Waals surface area contributed by atoms with Gasteiger partial charge >= 0.3 is 0 Å². The normalized spacial score (nSPS) is 12.3. The highest BCUT2D eigenvalue weighted by atomic mass is 32.2. The summed E-state index contributed by atoms with van der Waals surface area (Å²) >= 11 is 1.27. The highest BCUT2D eigenvalue weighted by Crippen LogP contribution is 2.21. The van der Waals surface area contributed by atoms with E-state index in [2.05, 4.69) is 14.3 Å². The lowest BCUT2D eigenvalue weighted by atomic mass is 10.2. The Bertz CT molecular complexity index is 680. The molecule has 0 atom stereocenters. The van der Waals surface area contributed by atoms with Crippen molar-refractivity contribution in [3.8, 4) is 11.3 Å². The van der Waals surface area contributed by atoms with Gasteiger partial charge in [0, 0.05) is 23.7 Å². The van der Waals surface area contributed by atoms with Gasteiger partial charge in [-0.2, -0.15) is 0 Å². The maximum atomic E-state index is 12.1. The van der Waals surface area contributed by atoms with Crippen LogP contribution in [0, 0.1) is 0 Å². The van der Waals surface area contributed by atoms with E-state index in [4.69, 9.17) is 4.74 Å². The number of nitrogens with zero attached hydrogens (tertiary/aromatic N) is 2. The molecular weight excluding hydrogens is 310 g/mol. The Morgan fingerprint density at radius 3 is 2.48 bits per heavy atom. The van der Waals surface area contributed by atoms with Crippen molar-refractivity contribution in [3.05, 3.63) is 29.6 Å². The standard InChI is InChI=1S/C13H17N3O3S2/c1-13(2,19-3)9-21(17,18)15-11-6-4-10(5-7-11)12-8-20-16-14-12/h4-8,15H,9H2,1-3H3. The topological polar surface area (TPSA) is 81.2 Å². The number of hydrogen-bond donors (Lipinski definition) is 1. The number of rotatable bonds is 6. The number of sulfonamides is 1. The molecule has 2 rings (SSSR count). The van der Waals surface area contributed by atoms with E-state index in [0.29, 0.717) is 5.69 Å². The van der Waals surface area contributed by atoms with Crippen molar-refractivity contribution in [2.45, 2.75) is 19.4 Å². The third-order valence-corrected chi connectivity index (χ3v) is 5.03. The Morgan fingerprint density at radius 1 is 1.29 bits per heavy atom. The second kappa shape index (κ2) is 6.08. The molecule has 0 saturated carbocycles. The van der Waals surface area contributed by atoms with Gasteiger partial charge < -0.3 is 4.74 Å². The molecule has 1 N–H and O–H groups in total. The number of hydrogen-bond acceptors (Lipinski definition) is 6. The van der Waals surface area contributed by atoms with Gasteiger partial charge in [0.15, 0.2) is 0 Å². The molecule has 114 valence electrons. The van der Waals surface area contributed by atoms with E-state index in [1.54, 1.807) is 38.1 Å². The third-order valence-electron chi connectivity index (χ3n) is 2.90. The van der Waals surface area contributed by atoms with Crippen molar-refractivity contribution in [1.82, 2.24) is 9.59 Å². The van der Waals surface area contributed by atoms with Crippen LogP contribution in [0.2, 0.25) is 0 Å². The summed E-state index contributed by atoms with van der Waals surface area (Å²) in [6, 6.07) is 7.00. The molecule has 0 radical (unpaired) electrons. The van der Waals surface area contributed by atoms with E-state index in [1.807, 2.05) is 5.38 Å². The fraction of sp³-hybridized carbons (Fsp3) is 0.385. The van der Waals surface area contributed by atoms with Gasteiger partial charge in [-0.25, -0.2) is 8.42 Å². The van der Waals surface area contributed by atoms with Crippen LogP contribution in [-0.4, -0.2) is 36.5 Å². The Morgan fingerprint density at radius 2 is 1.95 bits per heavy atom. The van der Waals surface area contributed by atoms with Crippen LogP contribution in [0.5, 0.6) is 0 Å². The van der Waals surface area contributed by atoms with Crippen LogP contribution in [0.3, 0.4) is 0 Å². The zero-order chi connectivity index (χ0) is 15.5. The van der Waals surface area contributed by atoms with Gasteiger partial charge in [0.2, 0.25) is 10.0 Å². The Kier molecular flexibility index (Phi) is 4.60. The number of anilines is 1. The molecule has 1 heterocycles. The lowest BCUT2D eigenvalue weighted by molar-refractivity contribution is 0.0426. The van der Waals surface area contributed by atoms with Gasteiger partial charge in [-0.1, -0.05) is 16.6 Å². The van der Waals surface area contributed by atoms with Crippen molar-refractivity contribution in [3.63, 3.8) is 0 Å². The Labute approximate surface area is 128 Å². The summed E-state index contributed by atoms with van der Waals surface area (Å²) < 4.78 is 35.6. The minimum Gasteiger partial charge on any atom is -0.378 e. The monoisotopic (exact) mass is 327 g/mol. The average Bonchev–Trinajstić information content (AvgIpc) is 2.92.